The fourth-order valence-corrected chi connectivity index (χ4v) is 2.06. The second kappa shape index (κ2) is 4.44. The Kier molecular flexibility index (Phi) is 3.00. The first-order valence-electron chi connectivity index (χ1n) is 4.90. The quantitative estimate of drug-likeness (QED) is 0.847. The molecule has 84 valence electrons. The molecule has 0 saturated carbocycles. The number of nitrogens with zero attached hydrogens (tertiary/aromatic N) is 3. The Morgan fingerprint density at radius 2 is 2.19 bits per heavy atom. The first kappa shape index (κ1) is 10.8. The summed E-state index contributed by atoms with van der Waals surface area (Å²) in [6, 6.07) is 1.72. The minimum Gasteiger partial charge on any atom is -0.384 e. The van der Waals surface area contributed by atoms with Crippen LogP contribution in [0.1, 0.15) is 15.7 Å². The van der Waals surface area contributed by atoms with Crippen LogP contribution in [0, 0.1) is 13.8 Å². The predicted molar refractivity (Wildman–Crippen MR) is 65.4 cm³/mol. The van der Waals surface area contributed by atoms with Crippen LogP contribution in [-0.2, 0) is 6.54 Å². The van der Waals surface area contributed by atoms with Gasteiger partial charge < -0.3 is 11.1 Å². The molecule has 0 aliphatic carbocycles. The van der Waals surface area contributed by atoms with E-state index in [4.69, 9.17) is 5.73 Å². The van der Waals surface area contributed by atoms with Crippen LogP contribution in [0.15, 0.2) is 12.3 Å². The lowest BCUT2D eigenvalue weighted by Crippen LogP contribution is -2.04. The number of thiazole rings is 1. The molecule has 0 amide bonds. The molecule has 16 heavy (non-hydrogen) atoms. The maximum absolute atomic E-state index is 5.63. The molecule has 0 unspecified atom stereocenters. The lowest BCUT2D eigenvalue weighted by Gasteiger charge is -2.04. The molecule has 0 aromatic carbocycles. The number of aromatic nitrogens is 3. The highest BCUT2D eigenvalue weighted by molar-refractivity contribution is 7.11. The smallest absolute Gasteiger partial charge is 0.132 e. The minimum atomic E-state index is 0.477. The number of hydrogen-bond donors (Lipinski definition) is 2. The van der Waals surface area contributed by atoms with Crippen LogP contribution < -0.4 is 11.1 Å². The molecule has 2 heterocycles. The van der Waals surface area contributed by atoms with Gasteiger partial charge in [-0.25, -0.2) is 15.0 Å². The van der Waals surface area contributed by atoms with E-state index in [1.54, 1.807) is 17.4 Å². The van der Waals surface area contributed by atoms with E-state index in [2.05, 4.69) is 20.3 Å². The van der Waals surface area contributed by atoms with Gasteiger partial charge >= 0.3 is 0 Å². The van der Waals surface area contributed by atoms with Crippen LogP contribution in [0.25, 0.3) is 0 Å². The van der Waals surface area contributed by atoms with Crippen molar-refractivity contribution in [3.8, 4) is 0 Å². The highest BCUT2D eigenvalue weighted by Gasteiger charge is 2.01. The first-order chi connectivity index (χ1) is 7.63. The zero-order valence-corrected chi connectivity index (χ0v) is 10.0. The summed E-state index contributed by atoms with van der Waals surface area (Å²) in [7, 11) is 0. The van der Waals surface area contributed by atoms with Crippen LogP contribution >= 0.6 is 11.3 Å². The average Bonchev–Trinajstić information content (AvgIpc) is 2.60. The fraction of sp³-hybridized carbons (Fsp3) is 0.300. The molecule has 2 aromatic rings. The largest absolute Gasteiger partial charge is 0.384 e. The molecule has 0 atom stereocenters. The van der Waals surface area contributed by atoms with E-state index in [0.717, 1.165) is 10.8 Å². The third-order valence-corrected chi connectivity index (χ3v) is 2.86. The Hall–Kier alpha value is -1.69. The SMILES string of the molecule is Cc1nc(N)cc(NCc2ncc(C)s2)n1. The number of aryl methyl sites for hydroxylation is 2. The molecule has 2 aromatic heterocycles. The number of nitrogens with two attached hydrogens (primary N) is 1. The maximum Gasteiger partial charge on any atom is 0.132 e. The van der Waals surface area contributed by atoms with Crippen LogP contribution in [-0.4, -0.2) is 15.0 Å². The summed E-state index contributed by atoms with van der Waals surface area (Å²) < 4.78 is 0. The van der Waals surface area contributed by atoms with Crippen molar-refractivity contribution in [2.45, 2.75) is 20.4 Å². The molecule has 0 radical (unpaired) electrons. The van der Waals surface area contributed by atoms with Gasteiger partial charge in [-0.05, 0) is 13.8 Å². The zero-order chi connectivity index (χ0) is 11.5. The van der Waals surface area contributed by atoms with E-state index in [-0.39, 0.29) is 0 Å². The van der Waals surface area contributed by atoms with Gasteiger partial charge in [0.2, 0.25) is 0 Å². The number of hydrogen-bond acceptors (Lipinski definition) is 6. The van der Waals surface area contributed by atoms with Gasteiger partial charge in [0.05, 0.1) is 6.54 Å². The second-order valence-electron chi connectivity index (χ2n) is 3.44. The van der Waals surface area contributed by atoms with E-state index >= 15 is 0 Å². The van der Waals surface area contributed by atoms with E-state index in [0.29, 0.717) is 18.2 Å². The van der Waals surface area contributed by atoms with Crippen molar-refractivity contribution in [3.63, 3.8) is 0 Å². The van der Waals surface area contributed by atoms with Crippen molar-refractivity contribution in [1.29, 1.82) is 0 Å². The minimum absolute atomic E-state index is 0.477. The molecule has 5 nitrogen and oxygen atoms in total. The van der Waals surface area contributed by atoms with Gasteiger partial charge in [0.25, 0.3) is 0 Å². The second-order valence-corrected chi connectivity index (χ2v) is 4.76. The molecule has 2 rings (SSSR count). The summed E-state index contributed by atoms with van der Waals surface area (Å²) >= 11 is 1.67. The zero-order valence-electron chi connectivity index (χ0n) is 9.19. The van der Waals surface area contributed by atoms with Crippen LogP contribution in [0.4, 0.5) is 11.6 Å². The van der Waals surface area contributed by atoms with Crippen molar-refractivity contribution in [2.75, 3.05) is 11.1 Å². The van der Waals surface area contributed by atoms with Gasteiger partial charge in [0.1, 0.15) is 22.5 Å². The normalized spacial score (nSPS) is 10.4. The fourth-order valence-electron chi connectivity index (χ4n) is 1.33. The molecule has 6 heteroatoms. The van der Waals surface area contributed by atoms with Crippen LogP contribution in [0.2, 0.25) is 0 Å². The van der Waals surface area contributed by atoms with Gasteiger partial charge in [-0.2, -0.15) is 0 Å². The number of nitrogen functional groups attached to an aromatic ring is 1. The Bertz CT molecular complexity index is 473. The topological polar surface area (TPSA) is 76.7 Å². The highest BCUT2D eigenvalue weighted by Crippen LogP contribution is 2.14. The van der Waals surface area contributed by atoms with Gasteiger partial charge in [-0.3, -0.25) is 0 Å². The lowest BCUT2D eigenvalue weighted by atomic mass is 10.5. The molecule has 3 N–H and O–H groups in total. The molecule has 0 aliphatic rings. The number of nitrogens with one attached hydrogen (secondary N) is 1. The Labute approximate surface area is 97.8 Å². The Balaban J connectivity index is 2.04. The molecule has 0 spiro atoms. The third kappa shape index (κ3) is 2.66. The standard InChI is InChI=1S/C10H13N5S/c1-6-4-13-10(16-6)5-12-9-3-8(11)14-7(2)15-9/h3-4H,5H2,1-2H3,(H3,11,12,14,15). The van der Waals surface area contributed by atoms with Crippen molar-refractivity contribution >= 4 is 23.0 Å². The van der Waals surface area contributed by atoms with E-state index in [9.17, 15) is 0 Å². The van der Waals surface area contributed by atoms with Gasteiger partial charge in [0.15, 0.2) is 0 Å². The van der Waals surface area contributed by atoms with Crippen LogP contribution in [0.5, 0.6) is 0 Å². The van der Waals surface area contributed by atoms with Crippen molar-refractivity contribution in [1.82, 2.24) is 15.0 Å². The molecule has 0 aliphatic heterocycles. The monoisotopic (exact) mass is 235 g/mol. The van der Waals surface area contributed by atoms with E-state index < -0.39 is 0 Å². The van der Waals surface area contributed by atoms with E-state index in [1.165, 1.54) is 4.88 Å². The van der Waals surface area contributed by atoms with E-state index in [1.807, 2.05) is 20.0 Å². The molecular weight excluding hydrogens is 222 g/mol. The molecular formula is C10H13N5S. The summed E-state index contributed by atoms with van der Waals surface area (Å²) in [5.41, 5.74) is 5.63. The van der Waals surface area contributed by atoms with Crippen LogP contribution in [0.3, 0.4) is 0 Å². The van der Waals surface area contributed by atoms with Crippen molar-refractivity contribution in [3.05, 3.63) is 28.0 Å². The van der Waals surface area contributed by atoms with Crippen molar-refractivity contribution < 1.29 is 0 Å². The Morgan fingerprint density at radius 3 is 2.81 bits per heavy atom. The Morgan fingerprint density at radius 1 is 1.38 bits per heavy atom. The molecule has 0 saturated heterocycles. The summed E-state index contributed by atoms with van der Waals surface area (Å²) in [4.78, 5) is 13.7. The molecule has 0 bridgehead atoms. The third-order valence-electron chi connectivity index (χ3n) is 1.95. The summed E-state index contributed by atoms with van der Waals surface area (Å²) in [5.74, 6) is 1.88. The van der Waals surface area contributed by atoms with Crippen molar-refractivity contribution in [2.24, 2.45) is 0 Å². The average molecular weight is 235 g/mol. The summed E-state index contributed by atoms with van der Waals surface area (Å²) in [6.45, 7) is 4.51. The highest BCUT2D eigenvalue weighted by atomic mass is 32.1. The summed E-state index contributed by atoms with van der Waals surface area (Å²) in [5, 5.41) is 4.21. The summed E-state index contributed by atoms with van der Waals surface area (Å²) in [6.07, 6.45) is 1.86. The number of anilines is 2. The number of rotatable bonds is 3. The lowest BCUT2D eigenvalue weighted by molar-refractivity contribution is 1.02. The molecule has 0 fully saturated rings. The van der Waals surface area contributed by atoms with Gasteiger partial charge in [-0.15, -0.1) is 11.3 Å². The predicted octanol–water partition coefficient (Wildman–Crippen LogP) is 1.74. The van der Waals surface area contributed by atoms with Gasteiger partial charge in [-0.1, -0.05) is 0 Å². The first-order valence-corrected chi connectivity index (χ1v) is 5.71. The van der Waals surface area contributed by atoms with Gasteiger partial charge in [0, 0.05) is 17.1 Å². The maximum atomic E-state index is 5.63.